The van der Waals surface area contributed by atoms with E-state index in [-0.39, 0.29) is 6.42 Å². The summed E-state index contributed by atoms with van der Waals surface area (Å²) in [4.78, 5) is 10.6. The average Bonchev–Trinajstić information content (AvgIpc) is 2.36. The summed E-state index contributed by atoms with van der Waals surface area (Å²) in [7, 11) is 0. The Labute approximate surface area is 114 Å². The number of carbonyl (C=O) groups is 1. The van der Waals surface area contributed by atoms with Crippen molar-refractivity contribution in [3.05, 3.63) is 29.3 Å². The van der Waals surface area contributed by atoms with Gasteiger partial charge < -0.3 is 9.84 Å². The maximum Gasteiger partial charge on any atom is 0.303 e. The van der Waals surface area contributed by atoms with Gasteiger partial charge in [-0.2, -0.15) is 0 Å². The molecule has 0 aliphatic heterocycles. The molecule has 3 nitrogen and oxygen atoms in total. The lowest BCUT2D eigenvalue weighted by molar-refractivity contribution is -0.138. The van der Waals surface area contributed by atoms with Gasteiger partial charge in [-0.3, -0.25) is 4.79 Å². The van der Waals surface area contributed by atoms with Crippen LogP contribution in [-0.2, 0) is 17.6 Å². The molecular formula is C16H22O3. The van der Waals surface area contributed by atoms with Gasteiger partial charge in [-0.05, 0) is 69.2 Å². The molecule has 0 fully saturated rings. The Morgan fingerprint density at radius 2 is 1.95 bits per heavy atom. The SMILES string of the molecule is CC(C)(CCC(=O)O)Oc1ccc2c(c1)CCCC2. The predicted molar refractivity (Wildman–Crippen MR) is 74.7 cm³/mol. The molecule has 0 saturated carbocycles. The van der Waals surface area contributed by atoms with Crippen LogP contribution in [-0.4, -0.2) is 16.7 Å². The molecule has 1 aromatic rings. The number of hydrogen-bond acceptors (Lipinski definition) is 2. The normalized spacial score (nSPS) is 14.8. The highest BCUT2D eigenvalue weighted by molar-refractivity contribution is 5.66. The monoisotopic (exact) mass is 262 g/mol. The molecule has 0 amide bonds. The van der Waals surface area contributed by atoms with E-state index in [1.807, 2.05) is 19.9 Å². The smallest absolute Gasteiger partial charge is 0.303 e. The number of benzene rings is 1. The predicted octanol–water partition coefficient (Wildman–Crippen LogP) is 3.59. The lowest BCUT2D eigenvalue weighted by Crippen LogP contribution is -2.29. The third-order valence-electron chi connectivity index (χ3n) is 3.66. The standard InChI is InChI=1S/C16H22O3/c1-16(2,10-9-15(17)18)19-14-8-7-12-5-3-4-6-13(12)11-14/h7-8,11H,3-6,9-10H2,1-2H3,(H,17,18). The largest absolute Gasteiger partial charge is 0.488 e. The van der Waals surface area contributed by atoms with Crippen LogP contribution >= 0.6 is 0 Å². The van der Waals surface area contributed by atoms with E-state index >= 15 is 0 Å². The molecule has 1 aliphatic carbocycles. The van der Waals surface area contributed by atoms with Gasteiger partial charge in [-0.1, -0.05) is 6.07 Å². The van der Waals surface area contributed by atoms with E-state index in [1.54, 1.807) is 0 Å². The Hall–Kier alpha value is -1.51. The Balaban J connectivity index is 2.04. The number of hydrogen-bond donors (Lipinski definition) is 1. The lowest BCUT2D eigenvalue weighted by Gasteiger charge is -2.27. The van der Waals surface area contributed by atoms with Gasteiger partial charge >= 0.3 is 5.97 Å². The van der Waals surface area contributed by atoms with Crippen LogP contribution in [0.2, 0.25) is 0 Å². The van der Waals surface area contributed by atoms with Crippen LogP contribution in [0.15, 0.2) is 18.2 Å². The summed E-state index contributed by atoms with van der Waals surface area (Å²) in [5.41, 5.74) is 2.38. The summed E-state index contributed by atoms with van der Waals surface area (Å²) in [6, 6.07) is 6.28. The fourth-order valence-electron chi connectivity index (χ4n) is 2.55. The highest BCUT2D eigenvalue weighted by atomic mass is 16.5. The highest BCUT2D eigenvalue weighted by Gasteiger charge is 2.21. The lowest BCUT2D eigenvalue weighted by atomic mass is 9.91. The van der Waals surface area contributed by atoms with Crippen LogP contribution in [0.1, 0.15) is 50.7 Å². The van der Waals surface area contributed by atoms with Gasteiger partial charge in [-0.15, -0.1) is 0 Å². The molecule has 0 unspecified atom stereocenters. The molecule has 104 valence electrons. The van der Waals surface area contributed by atoms with E-state index in [2.05, 4.69) is 12.1 Å². The van der Waals surface area contributed by atoms with Crippen LogP contribution in [0.5, 0.6) is 5.75 Å². The van der Waals surface area contributed by atoms with Gasteiger partial charge in [0.2, 0.25) is 0 Å². The molecule has 0 saturated heterocycles. The van der Waals surface area contributed by atoms with Gasteiger partial charge in [0.05, 0.1) is 0 Å². The van der Waals surface area contributed by atoms with Crippen molar-refractivity contribution < 1.29 is 14.6 Å². The van der Waals surface area contributed by atoms with E-state index < -0.39 is 11.6 Å². The van der Waals surface area contributed by atoms with E-state index in [0.29, 0.717) is 6.42 Å². The second-order valence-corrected chi connectivity index (χ2v) is 5.89. The summed E-state index contributed by atoms with van der Waals surface area (Å²) in [5, 5.41) is 8.75. The zero-order valence-electron chi connectivity index (χ0n) is 11.7. The minimum Gasteiger partial charge on any atom is -0.488 e. The fraction of sp³-hybridized carbons (Fsp3) is 0.562. The van der Waals surface area contributed by atoms with E-state index in [0.717, 1.165) is 18.6 Å². The van der Waals surface area contributed by atoms with Crippen molar-refractivity contribution >= 4 is 5.97 Å². The summed E-state index contributed by atoms with van der Waals surface area (Å²) >= 11 is 0. The molecule has 0 bridgehead atoms. The van der Waals surface area contributed by atoms with Crippen molar-refractivity contribution in [2.75, 3.05) is 0 Å². The van der Waals surface area contributed by atoms with Crippen LogP contribution in [0.4, 0.5) is 0 Å². The molecule has 0 heterocycles. The minimum atomic E-state index is -0.776. The molecule has 2 rings (SSSR count). The maximum absolute atomic E-state index is 10.6. The van der Waals surface area contributed by atoms with Crippen molar-refractivity contribution in [3.8, 4) is 5.75 Å². The Bertz CT molecular complexity index is 463. The Morgan fingerprint density at radius 3 is 2.63 bits per heavy atom. The van der Waals surface area contributed by atoms with Gasteiger partial charge in [0, 0.05) is 6.42 Å². The van der Waals surface area contributed by atoms with Crippen molar-refractivity contribution in [2.45, 2.75) is 58.0 Å². The van der Waals surface area contributed by atoms with Crippen LogP contribution < -0.4 is 4.74 Å². The second kappa shape index (κ2) is 5.64. The van der Waals surface area contributed by atoms with Gasteiger partial charge in [0.1, 0.15) is 11.4 Å². The van der Waals surface area contributed by atoms with Crippen LogP contribution in [0, 0.1) is 0 Å². The van der Waals surface area contributed by atoms with Crippen molar-refractivity contribution in [1.29, 1.82) is 0 Å². The van der Waals surface area contributed by atoms with Crippen LogP contribution in [0.3, 0.4) is 0 Å². The number of aliphatic carboxylic acids is 1. The van der Waals surface area contributed by atoms with E-state index in [1.165, 1.54) is 24.0 Å². The number of carboxylic acids is 1. The number of aryl methyl sites for hydroxylation is 2. The topological polar surface area (TPSA) is 46.5 Å². The average molecular weight is 262 g/mol. The zero-order valence-corrected chi connectivity index (χ0v) is 11.7. The number of fused-ring (bicyclic) bond motifs is 1. The quantitative estimate of drug-likeness (QED) is 0.882. The maximum atomic E-state index is 10.6. The van der Waals surface area contributed by atoms with Gasteiger partial charge in [0.25, 0.3) is 0 Å². The van der Waals surface area contributed by atoms with Gasteiger partial charge in [0.15, 0.2) is 0 Å². The number of ether oxygens (including phenoxy) is 1. The van der Waals surface area contributed by atoms with Crippen molar-refractivity contribution in [2.24, 2.45) is 0 Å². The second-order valence-electron chi connectivity index (χ2n) is 5.89. The summed E-state index contributed by atoms with van der Waals surface area (Å²) in [5.74, 6) is 0.0816. The molecule has 1 N–H and O–H groups in total. The first-order valence-electron chi connectivity index (χ1n) is 6.99. The van der Waals surface area contributed by atoms with Gasteiger partial charge in [-0.25, -0.2) is 0 Å². The molecule has 0 aromatic heterocycles. The minimum absolute atomic E-state index is 0.137. The number of carboxylic acid groups (broad SMARTS) is 1. The molecule has 19 heavy (non-hydrogen) atoms. The third kappa shape index (κ3) is 3.98. The van der Waals surface area contributed by atoms with E-state index in [4.69, 9.17) is 9.84 Å². The first-order chi connectivity index (χ1) is 8.96. The molecule has 1 aromatic carbocycles. The molecule has 0 atom stereocenters. The zero-order chi connectivity index (χ0) is 13.9. The molecule has 0 spiro atoms. The molecule has 3 heteroatoms. The number of rotatable bonds is 5. The van der Waals surface area contributed by atoms with E-state index in [9.17, 15) is 4.79 Å². The van der Waals surface area contributed by atoms with Crippen molar-refractivity contribution in [1.82, 2.24) is 0 Å². The summed E-state index contributed by atoms with van der Waals surface area (Å²) < 4.78 is 5.95. The van der Waals surface area contributed by atoms with Crippen molar-refractivity contribution in [3.63, 3.8) is 0 Å². The fourth-order valence-corrected chi connectivity index (χ4v) is 2.55. The molecule has 0 radical (unpaired) electrons. The molecular weight excluding hydrogens is 240 g/mol. The highest BCUT2D eigenvalue weighted by Crippen LogP contribution is 2.28. The Kier molecular flexibility index (Phi) is 4.13. The molecule has 1 aliphatic rings. The Morgan fingerprint density at radius 1 is 1.26 bits per heavy atom. The summed E-state index contributed by atoms with van der Waals surface area (Å²) in [6.07, 6.45) is 5.47. The third-order valence-corrected chi connectivity index (χ3v) is 3.66. The van der Waals surface area contributed by atoms with Crippen LogP contribution in [0.25, 0.3) is 0 Å². The first kappa shape index (κ1) is 13.9. The summed E-state index contributed by atoms with van der Waals surface area (Å²) in [6.45, 7) is 3.88. The first-order valence-corrected chi connectivity index (χ1v) is 6.99.